The standard InChI is InChI=1S/C6H12N2O3S/c1-7-6(9)4-3-5(4)8-12(2,10)11/h4-5,8H,3H2,1-2H3,(H,7,9). The maximum Gasteiger partial charge on any atom is 0.224 e. The summed E-state index contributed by atoms with van der Waals surface area (Å²) >= 11 is 0. The molecule has 0 aromatic carbocycles. The molecule has 0 aromatic heterocycles. The fourth-order valence-electron chi connectivity index (χ4n) is 1.08. The first-order valence-electron chi connectivity index (χ1n) is 3.63. The molecular formula is C6H12N2O3S. The highest BCUT2D eigenvalue weighted by molar-refractivity contribution is 7.88. The number of hydrogen-bond donors (Lipinski definition) is 2. The van der Waals surface area contributed by atoms with Crippen LogP contribution in [0.25, 0.3) is 0 Å². The molecule has 0 bridgehead atoms. The Bertz CT molecular complexity index is 285. The van der Waals surface area contributed by atoms with Crippen molar-refractivity contribution in [3.05, 3.63) is 0 Å². The number of nitrogens with one attached hydrogen (secondary N) is 2. The van der Waals surface area contributed by atoms with E-state index in [4.69, 9.17) is 0 Å². The van der Waals surface area contributed by atoms with Crippen molar-refractivity contribution in [2.75, 3.05) is 13.3 Å². The van der Waals surface area contributed by atoms with E-state index in [-0.39, 0.29) is 17.9 Å². The van der Waals surface area contributed by atoms with Gasteiger partial charge < -0.3 is 5.32 Å². The van der Waals surface area contributed by atoms with Gasteiger partial charge in [-0.05, 0) is 6.42 Å². The van der Waals surface area contributed by atoms with Gasteiger partial charge in [0, 0.05) is 13.1 Å². The lowest BCUT2D eigenvalue weighted by Crippen LogP contribution is -2.29. The van der Waals surface area contributed by atoms with Gasteiger partial charge in [-0.3, -0.25) is 4.79 Å². The number of carbonyl (C=O) groups is 1. The zero-order valence-electron chi connectivity index (χ0n) is 6.99. The zero-order valence-corrected chi connectivity index (χ0v) is 7.81. The summed E-state index contributed by atoms with van der Waals surface area (Å²) in [5, 5.41) is 2.47. The molecule has 0 spiro atoms. The number of hydrogen-bond acceptors (Lipinski definition) is 3. The molecule has 1 aliphatic carbocycles. The summed E-state index contributed by atoms with van der Waals surface area (Å²) < 4.78 is 23.8. The van der Waals surface area contributed by atoms with Crippen LogP contribution in [-0.2, 0) is 14.8 Å². The van der Waals surface area contributed by atoms with Gasteiger partial charge in [-0.1, -0.05) is 0 Å². The molecule has 12 heavy (non-hydrogen) atoms. The second-order valence-electron chi connectivity index (χ2n) is 2.95. The van der Waals surface area contributed by atoms with E-state index in [1.165, 1.54) is 7.05 Å². The quantitative estimate of drug-likeness (QED) is 0.581. The Morgan fingerprint density at radius 2 is 2.08 bits per heavy atom. The van der Waals surface area contributed by atoms with Crippen LogP contribution in [0.15, 0.2) is 0 Å². The Hall–Kier alpha value is -0.620. The van der Waals surface area contributed by atoms with Crippen LogP contribution in [0.3, 0.4) is 0 Å². The molecular weight excluding hydrogens is 180 g/mol. The van der Waals surface area contributed by atoms with Gasteiger partial charge in [0.1, 0.15) is 0 Å². The van der Waals surface area contributed by atoms with E-state index in [9.17, 15) is 13.2 Å². The normalized spacial score (nSPS) is 28.2. The van der Waals surface area contributed by atoms with E-state index in [0.717, 1.165) is 6.26 Å². The maximum absolute atomic E-state index is 10.9. The molecule has 1 rings (SSSR count). The molecule has 70 valence electrons. The van der Waals surface area contributed by atoms with Crippen LogP contribution in [0.2, 0.25) is 0 Å². The molecule has 0 heterocycles. The molecule has 1 saturated carbocycles. The predicted octanol–water partition coefficient (Wildman–Crippen LogP) is -1.33. The van der Waals surface area contributed by atoms with E-state index < -0.39 is 10.0 Å². The van der Waals surface area contributed by atoms with Crippen LogP contribution < -0.4 is 10.0 Å². The van der Waals surface area contributed by atoms with Crippen LogP contribution in [0.1, 0.15) is 6.42 Å². The van der Waals surface area contributed by atoms with Crippen LogP contribution in [0, 0.1) is 5.92 Å². The second kappa shape index (κ2) is 3.02. The van der Waals surface area contributed by atoms with Crippen molar-refractivity contribution >= 4 is 15.9 Å². The molecule has 5 nitrogen and oxygen atoms in total. The number of rotatable bonds is 3. The highest BCUT2D eigenvalue weighted by atomic mass is 32.2. The third-order valence-corrected chi connectivity index (χ3v) is 2.47. The lowest BCUT2D eigenvalue weighted by atomic mass is 10.4. The lowest BCUT2D eigenvalue weighted by Gasteiger charge is -1.99. The summed E-state index contributed by atoms with van der Waals surface area (Å²) in [4.78, 5) is 10.9. The molecule has 0 aliphatic heterocycles. The molecule has 1 fully saturated rings. The van der Waals surface area contributed by atoms with Gasteiger partial charge in [-0.2, -0.15) is 0 Å². The summed E-state index contributed by atoms with van der Waals surface area (Å²) in [7, 11) is -1.63. The van der Waals surface area contributed by atoms with E-state index in [2.05, 4.69) is 10.0 Å². The van der Waals surface area contributed by atoms with Crippen molar-refractivity contribution in [3.63, 3.8) is 0 Å². The lowest BCUT2D eigenvalue weighted by molar-refractivity contribution is -0.121. The van der Waals surface area contributed by atoms with Crippen molar-refractivity contribution in [1.82, 2.24) is 10.0 Å². The topological polar surface area (TPSA) is 75.3 Å². The van der Waals surface area contributed by atoms with Crippen LogP contribution in [0.4, 0.5) is 0 Å². The summed E-state index contributed by atoms with van der Waals surface area (Å²) in [6.07, 6.45) is 1.69. The first kappa shape index (κ1) is 9.47. The molecule has 2 atom stereocenters. The van der Waals surface area contributed by atoms with Gasteiger partial charge in [0.15, 0.2) is 0 Å². The zero-order chi connectivity index (χ0) is 9.35. The average Bonchev–Trinajstić information content (AvgIpc) is 2.62. The van der Waals surface area contributed by atoms with E-state index in [1.807, 2.05) is 0 Å². The Labute approximate surface area is 71.6 Å². The van der Waals surface area contributed by atoms with Crippen molar-refractivity contribution in [2.24, 2.45) is 5.92 Å². The second-order valence-corrected chi connectivity index (χ2v) is 4.73. The fourth-order valence-corrected chi connectivity index (χ4v) is 1.89. The van der Waals surface area contributed by atoms with Gasteiger partial charge in [0.2, 0.25) is 15.9 Å². The Kier molecular flexibility index (Phi) is 2.39. The minimum absolute atomic E-state index is 0.101. The SMILES string of the molecule is CNC(=O)C1CC1NS(C)(=O)=O. The van der Waals surface area contributed by atoms with Crippen LogP contribution >= 0.6 is 0 Å². The molecule has 2 unspecified atom stereocenters. The van der Waals surface area contributed by atoms with Crippen molar-refractivity contribution in [3.8, 4) is 0 Å². The smallest absolute Gasteiger partial charge is 0.224 e. The van der Waals surface area contributed by atoms with E-state index in [0.29, 0.717) is 6.42 Å². The fraction of sp³-hybridized carbons (Fsp3) is 0.833. The minimum atomic E-state index is -3.17. The Balaban J connectivity index is 2.39. The molecule has 2 N–H and O–H groups in total. The molecule has 0 aromatic rings. The largest absolute Gasteiger partial charge is 0.359 e. The van der Waals surface area contributed by atoms with Gasteiger partial charge in [-0.25, -0.2) is 13.1 Å². The first-order chi connectivity index (χ1) is 5.44. The third-order valence-electron chi connectivity index (χ3n) is 1.74. The van der Waals surface area contributed by atoms with Gasteiger partial charge in [-0.15, -0.1) is 0 Å². The summed E-state index contributed by atoms with van der Waals surface area (Å²) in [6.45, 7) is 0. The molecule has 1 amide bonds. The van der Waals surface area contributed by atoms with Gasteiger partial charge in [0.25, 0.3) is 0 Å². The molecule has 1 aliphatic rings. The average molecular weight is 192 g/mol. The summed E-state index contributed by atoms with van der Waals surface area (Å²) in [5.41, 5.74) is 0. The van der Waals surface area contributed by atoms with Crippen molar-refractivity contribution in [2.45, 2.75) is 12.5 Å². The predicted molar refractivity (Wildman–Crippen MR) is 43.9 cm³/mol. The summed E-state index contributed by atoms with van der Waals surface area (Å²) in [6, 6.07) is -0.194. The highest BCUT2D eigenvalue weighted by Gasteiger charge is 2.44. The van der Waals surface area contributed by atoms with Crippen LogP contribution in [0.5, 0.6) is 0 Å². The first-order valence-corrected chi connectivity index (χ1v) is 5.52. The molecule has 0 saturated heterocycles. The Morgan fingerprint density at radius 1 is 1.50 bits per heavy atom. The third kappa shape index (κ3) is 2.46. The van der Waals surface area contributed by atoms with Gasteiger partial charge in [0.05, 0.1) is 12.2 Å². The van der Waals surface area contributed by atoms with Crippen molar-refractivity contribution in [1.29, 1.82) is 0 Å². The number of carbonyl (C=O) groups excluding carboxylic acids is 1. The highest BCUT2D eigenvalue weighted by Crippen LogP contribution is 2.30. The van der Waals surface area contributed by atoms with E-state index >= 15 is 0 Å². The minimum Gasteiger partial charge on any atom is -0.359 e. The number of sulfonamides is 1. The monoisotopic (exact) mass is 192 g/mol. The van der Waals surface area contributed by atoms with Crippen molar-refractivity contribution < 1.29 is 13.2 Å². The Morgan fingerprint density at radius 3 is 2.50 bits per heavy atom. The molecule has 0 radical (unpaired) electrons. The van der Waals surface area contributed by atoms with Crippen LogP contribution in [-0.4, -0.2) is 33.7 Å². The van der Waals surface area contributed by atoms with E-state index in [1.54, 1.807) is 0 Å². The maximum atomic E-state index is 10.9. The number of amides is 1. The summed E-state index contributed by atoms with van der Waals surface area (Å²) in [5.74, 6) is -0.277. The van der Waals surface area contributed by atoms with Gasteiger partial charge >= 0.3 is 0 Å². The molecule has 6 heteroatoms.